The van der Waals surface area contributed by atoms with E-state index < -0.39 is 0 Å². The molecule has 0 bridgehead atoms. The number of aliphatic hydroxyl groups excluding tert-OH is 1. The second kappa shape index (κ2) is 16.9. The number of hydrogen-bond acceptors (Lipinski definition) is 6. The van der Waals surface area contributed by atoms with Crippen LogP contribution in [0.25, 0.3) is 0 Å². The average Bonchev–Trinajstić information content (AvgIpc) is 3.35. The molecule has 0 aromatic heterocycles. The molecule has 6 nitrogen and oxygen atoms in total. The average molecular weight is 615 g/mol. The number of hydrogen-bond donors (Lipinski definition) is 5. The zero-order valence-electron chi connectivity index (χ0n) is 29.3. The maximum Gasteiger partial charge on any atom is 0.132 e. The molecule has 44 heavy (non-hydrogen) atoms. The molecule has 0 spiro atoms. The lowest BCUT2D eigenvalue weighted by Crippen LogP contribution is -2.55. The van der Waals surface area contributed by atoms with Crippen molar-refractivity contribution in [3.63, 3.8) is 0 Å². The van der Waals surface area contributed by atoms with E-state index in [0.717, 1.165) is 70.9 Å². The number of nitrogens with one attached hydrogen (secondary N) is 3. The van der Waals surface area contributed by atoms with Gasteiger partial charge in [0.1, 0.15) is 5.78 Å². The van der Waals surface area contributed by atoms with Gasteiger partial charge in [-0.05, 0) is 164 Å². The summed E-state index contributed by atoms with van der Waals surface area (Å²) in [6, 6.07) is 0.550. The molecule has 3 saturated carbocycles. The maximum atomic E-state index is 11.7. The highest BCUT2D eigenvalue weighted by atomic mass is 16.3. The fourth-order valence-corrected chi connectivity index (χ4v) is 10.4. The molecule has 0 aliphatic heterocycles. The molecular formula is C38H70N4O2. The van der Waals surface area contributed by atoms with Gasteiger partial charge in [-0.1, -0.05) is 52.2 Å². The molecule has 0 amide bonds. The number of carbonyl (C=O) groups is 1. The van der Waals surface area contributed by atoms with Gasteiger partial charge in [0.25, 0.3) is 0 Å². The van der Waals surface area contributed by atoms with E-state index >= 15 is 0 Å². The minimum absolute atomic E-state index is 0.200. The van der Waals surface area contributed by atoms with Crippen LogP contribution in [0.1, 0.15) is 125 Å². The molecule has 0 heterocycles. The molecule has 4 aliphatic rings. The molecule has 4 aliphatic carbocycles. The Hall–Kier alpha value is -0.790. The summed E-state index contributed by atoms with van der Waals surface area (Å²) in [5.41, 5.74) is 7.70. The quantitative estimate of drug-likeness (QED) is 0.0875. The normalized spacial score (nSPS) is 36.2. The number of rotatable bonds is 19. The van der Waals surface area contributed by atoms with E-state index in [9.17, 15) is 9.90 Å². The summed E-state index contributed by atoms with van der Waals surface area (Å²) >= 11 is 0. The monoisotopic (exact) mass is 615 g/mol. The van der Waals surface area contributed by atoms with E-state index in [-0.39, 0.29) is 17.4 Å². The SMILES string of the molecule is CC(=O)C(C)CCC[C@@H](C)[C@H]1CCC2C3C(CC[C@@]21C)[C@@]1(C)CC[C@H](NCCCNCCCCNCCCN)CC1=C[C@H]3O. The topological polar surface area (TPSA) is 99.4 Å². The molecule has 0 radical (unpaired) electrons. The number of aliphatic hydroxyl groups is 1. The largest absolute Gasteiger partial charge is 0.389 e. The van der Waals surface area contributed by atoms with E-state index in [1.54, 1.807) is 12.5 Å². The highest BCUT2D eigenvalue weighted by Gasteiger charge is 2.61. The van der Waals surface area contributed by atoms with Crippen LogP contribution in [0.4, 0.5) is 0 Å². The van der Waals surface area contributed by atoms with Crippen LogP contribution in [0.5, 0.6) is 0 Å². The van der Waals surface area contributed by atoms with E-state index in [0.29, 0.717) is 40.9 Å². The van der Waals surface area contributed by atoms with Crippen LogP contribution >= 0.6 is 0 Å². The second-order valence-electron chi connectivity index (χ2n) is 16.1. The standard InChI is InChI=1S/C38H70N4O2/c1-27(29(3)43)11-8-12-28(2)32-13-14-33-36-34(16-18-38(32,33)5)37(4)17-15-31(25-30(37)26-35(36)44)42-24-10-23-41-21-7-6-20-40-22-9-19-39/h26-28,31-36,40-42,44H,6-25,39H2,1-5H3/t27?,28-,31+,32-,33?,34?,35-,36?,37+,38-/m1/s1. The van der Waals surface area contributed by atoms with Gasteiger partial charge >= 0.3 is 0 Å². The van der Waals surface area contributed by atoms with Gasteiger partial charge in [0.05, 0.1) is 6.10 Å². The smallest absolute Gasteiger partial charge is 0.132 e. The number of nitrogens with two attached hydrogens (primary N) is 1. The minimum atomic E-state index is -0.281. The molecule has 6 N–H and O–H groups in total. The number of carbonyl (C=O) groups excluding carboxylic acids is 1. The Morgan fingerprint density at radius 1 is 0.909 bits per heavy atom. The molecule has 6 heteroatoms. The third-order valence-corrected chi connectivity index (χ3v) is 13.4. The van der Waals surface area contributed by atoms with Gasteiger partial charge in [0, 0.05) is 12.0 Å². The zero-order chi connectivity index (χ0) is 31.7. The van der Waals surface area contributed by atoms with Gasteiger partial charge in [-0.2, -0.15) is 0 Å². The lowest BCUT2D eigenvalue weighted by molar-refractivity contribution is -0.120. The summed E-state index contributed by atoms with van der Waals surface area (Å²) in [6.45, 7) is 17.6. The summed E-state index contributed by atoms with van der Waals surface area (Å²) in [4.78, 5) is 11.7. The van der Waals surface area contributed by atoms with Crippen LogP contribution in [0.15, 0.2) is 11.6 Å². The fourth-order valence-electron chi connectivity index (χ4n) is 10.4. The Bertz CT molecular complexity index is 925. The predicted octanol–water partition coefficient (Wildman–Crippen LogP) is 6.22. The van der Waals surface area contributed by atoms with Crippen molar-refractivity contribution < 1.29 is 9.90 Å². The van der Waals surface area contributed by atoms with Crippen molar-refractivity contribution in [1.29, 1.82) is 0 Å². The second-order valence-corrected chi connectivity index (χ2v) is 16.1. The lowest BCUT2D eigenvalue weighted by atomic mass is 9.46. The van der Waals surface area contributed by atoms with Gasteiger partial charge in [0.15, 0.2) is 0 Å². The third kappa shape index (κ3) is 8.56. The van der Waals surface area contributed by atoms with Crippen molar-refractivity contribution >= 4 is 5.78 Å². The first-order chi connectivity index (χ1) is 21.1. The summed E-state index contributed by atoms with van der Waals surface area (Å²) in [5.74, 6) is 3.68. The minimum Gasteiger partial charge on any atom is -0.389 e. The Morgan fingerprint density at radius 2 is 1.61 bits per heavy atom. The van der Waals surface area contributed by atoms with Crippen LogP contribution in [-0.2, 0) is 4.79 Å². The fraction of sp³-hybridized carbons (Fsp3) is 0.921. The first-order valence-corrected chi connectivity index (χ1v) is 18.9. The van der Waals surface area contributed by atoms with Crippen molar-refractivity contribution in [3.05, 3.63) is 11.6 Å². The van der Waals surface area contributed by atoms with E-state index in [2.05, 4.69) is 49.7 Å². The van der Waals surface area contributed by atoms with Gasteiger partial charge in [-0.3, -0.25) is 4.79 Å². The van der Waals surface area contributed by atoms with Crippen molar-refractivity contribution in [2.45, 2.75) is 137 Å². The number of unbranched alkanes of at least 4 members (excludes halogenated alkanes) is 1. The Balaban J connectivity index is 1.22. The summed E-state index contributed by atoms with van der Waals surface area (Å²) < 4.78 is 0. The molecule has 10 atom stereocenters. The number of Topliss-reactive ketones (excluding diaryl/α,β-unsaturated/α-hetero) is 1. The maximum absolute atomic E-state index is 11.7. The van der Waals surface area contributed by atoms with Crippen LogP contribution < -0.4 is 21.7 Å². The first-order valence-electron chi connectivity index (χ1n) is 18.9. The highest BCUT2D eigenvalue weighted by Crippen LogP contribution is 2.67. The van der Waals surface area contributed by atoms with Crippen molar-refractivity contribution in [2.24, 2.45) is 52.1 Å². The van der Waals surface area contributed by atoms with Gasteiger partial charge in [-0.25, -0.2) is 0 Å². The Kier molecular flexibility index (Phi) is 13.8. The summed E-state index contributed by atoms with van der Waals surface area (Å²) in [5, 5.41) is 22.7. The molecule has 0 aromatic carbocycles. The summed E-state index contributed by atoms with van der Waals surface area (Å²) in [7, 11) is 0. The Labute approximate surface area is 270 Å². The molecule has 3 fully saturated rings. The molecule has 4 unspecified atom stereocenters. The van der Waals surface area contributed by atoms with Gasteiger partial charge in [0.2, 0.25) is 0 Å². The van der Waals surface area contributed by atoms with E-state index in [1.807, 2.05) is 0 Å². The van der Waals surface area contributed by atoms with Crippen LogP contribution in [0.2, 0.25) is 0 Å². The molecule has 4 rings (SSSR count). The van der Waals surface area contributed by atoms with Crippen molar-refractivity contribution in [1.82, 2.24) is 16.0 Å². The van der Waals surface area contributed by atoms with Crippen LogP contribution in [0.3, 0.4) is 0 Å². The number of ketones is 1. The van der Waals surface area contributed by atoms with Crippen LogP contribution in [-0.4, -0.2) is 62.3 Å². The third-order valence-electron chi connectivity index (χ3n) is 13.4. The lowest BCUT2D eigenvalue weighted by Gasteiger charge is -2.59. The zero-order valence-corrected chi connectivity index (χ0v) is 29.3. The number of fused-ring (bicyclic) bond motifs is 5. The Morgan fingerprint density at radius 3 is 2.32 bits per heavy atom. The van der Waals surface area contributed by atoms with Gasteiger partial charge < -0.3 is 26.8 Å². The first kappa shape index (κ1) is 36.1. The van der Waals surface area contributed by atoms with E-state index in [1.165, 1.54) is 64.2 Å². The highest BCUT2D eigenvalue weighted by molar-refractivity contribution is 5.77. The molecule has 254 valence electrons. The summed E-state index contributed by atoms with van der Waals surface area (Å²) in [6.07, 6.45) is 19.0. The van der Waals surface area contributed by atoms with Gasteiger partial charge in [-0.15, -0.1) is 0 Å². The molecule has 0 aromatic rings. The van der Waals surface area contributed by atoms with Crippen LogP contribution in [0, 0.1) is 46.3 Å². The molecular weight excluding hydrogens is 544 g/mol. The van der Waals surface area contributed by atoms with E-state index in [4.69, 9.17) is 5.73 Å². The molecule has 0 saturated heterocycles. The predicted molar refractivity (Wildman–Crippen MR) is 184 cm³/mol. The van der Waals surface area contributed by atoms with Crippen molar-refractivity contribution in [2.75, 3.05) is 39.3 Å². The van der Waals surface area contributed by atoms with Crippen molar-refractivity contribution in [3.8, 4) is 0 Å².